The third-order valence-electron chi connectivity index (χ3n) is 8.18. The number of esters is 1. The van der Waals surface area contributed by atoms with Crippen LogP contribution in [0.3, 0.4) is 0 Å². The fourth-order valence-corrected chi connectivity index (χ4v) is 6.22. The van der Waals surface area contributed by atoms with E-state index in [1.54, 1.807) is 0 Å². The van der Waals surface area contributed by atoms with Gasteiger partial charge >= 0.3 is 5.97 Å². The lowest BCUT2D eigenvalue weighted by atomic mass is 9.80. The molecule has 0 bridgehead atoms. The van der Waals surface area contributed by atoms with E-state index >= 15 is 0 Å². The number of benzene rings is 3. The fraction of sp³-hybridized carbons (Fsp3) is 0.394. The number of likely N-dealkylation sites (tertiary alicyclic amines) is 1. The average molecular weight is 545 g/mol. The van der Waals surface area contributed by atoms with Crippen LogP contribution in [0.2, 0.25) is 5.02 Å². The van der Waals surface area contributed by atoms with Gasteiger partial charge in [0, 0.05) is 30.5 Å². The van der Waals surface area contributed by atoms with Crippen molar-refractivity contribution in [3.8, 4) is 11.1 Å². The molecule has 1 aliphatic heterocycles. The largest absolute Gasteiger partial charge is 0.465 e. The van der Waals surface area contributed by atoms with E-state index in [1.807, 2.05) is 36.4 Å². The second-order valence-corrected chi connectivity index (χ2v) is 11.3. The summed E-state index contributed by atoms with van der Waals surface area (Å²) >= 11 is 6.07. The van der Waals surface area contributed by atoms with Crippen molar-refractivity contribution in [3.63, 3.8) is 0 Å². The highest BCUT2D eigenvalue weighted by atomic mass is 35.5. The second kappa shape index (κ2) is 12.8. The van der Waals surface area contributed by atoms with Crippen molar-refractivity contribution in [1.82, 2.24) is 10.2 Å². The molecule has 204 valence electrons. The topological polar surface area (TPSA) is 58.6 Å². The molecule has 2 aliphatic rings. The molecule has 39 heavy (non-hydrogen) atoms. The molecule has 3 aromatic rings. The Bertz CT molecular complexity index is 1250. The quantitative estimate of drug-likeness (QED) is 0.237. The number of nitrogens with zero attached hydrogens (tertiary/aromatic N) is 1. The molecule has 1 unspecified atom stereocenters. The zero-order chi connectivity index (χ0) is 27.2. The molecule has 3 aromatic carbocycles. The summed E-state index contributed by atoms with van der Waals surface area (Å²) in [6.45, 7) is 2.72. The van der Waals surface area contributed by atoms with Crippen LogP contribution < -0.4 is 5.32 Å². The molecule has 1 N–H and O–H groups in total. The van der Waals surface area contributed by atoms with Crippen molar-refractivity contribution in [1.29, 1.82) is 0 Å². The molecule has 0 radical (unpaired) electrons. The van der Waals surface area contributed by atoms with Crippen molar-refractivity contribution in [2.45, 2.75) is 43.9 Å². The SMILES string of the molecule is CN1CC[C@H](c2ccc(Cl)cc2)C(C(=O)NCCCCCC(=O)OCC2c3ccccc3-c3ccccc32)C1. The summed E-state index contributed by atoms with van der Waals surface area (Å²) in [6.07, 6.45) is 3.82. The van der Waals surface area contributed by atoms with Gasteiger partial charge in [-0.25, -0.2) is 0 Å². The Morgan fingerprint density at radius 3 is 2.28 bits per heavy atom. The molecule has 6 heteroatoms. The first-order chi connectivity index (χ1) is 19.0. The van der Waals surface area contributed by atoms with Crippen LogP contribution >= 0.6 is 11.6 Å². The van der Waals surface area contributed by atoms with Gasteiger partial charge in [-0.15, -0.1) is 0 Å². The number of ether oxygens (including phenoxy) is 1. The van der Waals surface area contributed by atoms with Crippen molar-refractivity contribution < 1.29 is 14.3 Å². The maximum Gasteiger partial charge on any atom is 0.305 e. The molecular formula is C33H37ClN2O3. The highest BCUT2D eigenvalue weighted by Crippen LogP contribution is 2.44. The Labute approximate surface area is 236 Å². The molecule has 2 atom stereocenters. The van der Waals surface area contributed by atoms with Crippen LogP contribution in [-0.4, -0.2) is 50.1 Å². The summed E-state index contributed by atoms with van der Waals surface area (Å²) in [4.78, 5) is 27.8. The molecule has 0 aromatic heterocycles. The number of unbranched alkanes of at least 4 members (excludes halogenated alkanes) is 2. The first-order valence-electron chi connectivity index (χ1n) is 14.1. The van der Waals surface area contributed by atoms with E-state index in [0.29, 0.717) is 24.6 Å². The normalized spacial score (nSPS) is 18.8. The molecule has 0 saturated carbocycles. The van der Waals surface area contributed by atoms with Gasteiger partial charge in [-0.05, 0) is 78.7 Å². The minimum atomic E-state index is -0.156. The third-order valence-corrected chi connectivity index (χ3v) is 8.43. The summed E-state index contributed by atoms with van der Waals surface area (Å²) in [5.41, 5.74) is 6.09. The molecule has 1 aliphatic carbocycles. The number of amides is 1. The minimum Gasteiger partial charge on any atom is -0.465 e. The van der Waals surface area contributed by atoms with Gasteiger partial charge in [0.15, 0.2) is 0 Å². The predicted molar refractivity (Wildman–Crippen MR) is 156 cm³/mol. The number of fused-ring (bicyclic) bond motifs is 3. The van der Waals surface area contributed by atoms with Gasteiger partial charge in [0.25, 0.3) is 0 Å². The lowest BCUT2D eigenvalue weighted by Gasteiger charge is -2.36. The zero-order valence-electron chi connectivity index (χ0n) is 22.6. The minimum absolute atomic E-state index is 0.0780. The van der Waals surface area contributed by atoms with Gasteiger partial charge in [-0.3, -0.25) is 9.59 Å². The van der Waals surface area contributed by atoms with Crippen molar-refractivity contribution >= 4 is 23.5 Å². The monoisotopic (exact) mass is 544 g/mol. The smallest absolute Gasteiger partial charge is 0.305 e. The van der Waals surface area contributed by atoms with Gasteiger partial charge in [0.2, 0.25) is 5.91 Å². The highest BCUT2D eigenvalue weighted by Gasteiger charge is 2.34. The Hall–Kier alpha value is -3.15. The Morgan fingerprint density at radius 2 is 1.59 bits per heavy atom. The van der Waals surface area contributed by atoms with Crippen molar-refractivity contribution in [2.24, 2.45) is 5.92 Å². The lowest BCUT2D eigenvalue weighted by Crippen LogP contribution is -2.45. The van der Waals surface area contributed by atoms with Gasteiger partial charge < -0.3 is 15.0 Å². The van der Waals surface area contributed by atoms with Gasteiger partial charge in [-0.2, -0.15) is 0 Å². The Morgan fingerprint density at radius 1 is 0.923 bits per heavy atom. The standard InChI is InChI=1S/C33H37ClN2O3/c1-36-20-18-25(23-14-16-24(34)17-15-23)30(21-36)33(38)35-19-8-2-3-13-32(37)39-22-31-28-11-6-4-9-26(28)27-10-5-7-12-29(27)31/h4-7,9-12,14-17,25,30-31H,2-3,8,13,18-22H2,1H3,(H,35,38)/t25-,30?/m1/s1. The number of rotatable bonds is 10. The van der Waals surface area contributed by atoms with Gasteiger partial charge in [0.1, 0.15) is 6.61 Å². The van der Waals surface area contributed by atoms with Crippen LogP contribution in [0.15, 0.2) is 72.8 Å². The van der Waals surface area contributed by atoms with E-state index in [1.165, 1.54) is 27.8 Å². The van der Waals surface area contributed by atoms with E-state index in [0.717, 1.165) is 38.8 Å². The predicted octanol–water partition coefficient (Wildman–Crippen LogP) is 6.41. The first-order valence-corrected chi connectivity index (χ1v) is 14.4. The number of hydrogen-bond acceptors (Lipinski definition) is 4. The summed E-state index contributed by atoms with van der Waals surface area (Å²) in [5.74, 6) is 0.167. The number of nitrogens with one attached hydrogen (secondary N) is 1. The third kappa shape index (κ3) is 6.54. The summed E-state index contributed by atoms with van der Waals surface area (Å²) in [6, 6.07) is 24.6. The second-order valence-electron chi connectivity index (χ2n) is 10.8. The number of halogens is 1. The zero-order valence-corrected chi connectivity index (χ0v) is 23.3. The summed E-state index contributed by atoms with van der Waals surface area (Å²) < 4.78 is 5.71. The summed E-state index contributed by atoms with van der Waals surface area (Å²) in [5, 5.41) is 3.86. The Kier molecular flexibility index (Phi) is 9.00. The molecule has 1 saturated heterocycles. The van der Waals surface area contributed by atoms with Gasteiger partial charge in [-0.1, -0.05) is 78.7 Å². The maximum atomic E-state index is 13.1. The van der Waals surface area contributed by atoms with Crippen molar-refractivity contribution in [3.05, 3.63) is 94.5 Å². The molecule has 5 nitrogen and oxygen atoms in total. The number of hydrogen-bond donors (Lipinski definition) is 1. The van der Waals surface area contributed by atoms with E-state index in [9.17, 15) is 9.59 Å². The number of carbonyl (C=O) groups is 2. The maximum absolute atomic E-state index is 13.1. The highest BCUT2D eigenvalue weighted by molar-refractivity contribution is 6.30. The van der Waals surface area contributed by atoms with Gasteiger partial charge in [0.05, 0.1) is 5.92 Å². The summed E-state index contributed by atoms with van der Waals surface area (Å²) in [7, 11) is 2.07. The van der Waals surface area contributed by atoms with Crippen LogP contribution in [0.1, 0.15) is 60.6 Å². The van der Waals surface area contributed by atoms with Crippen LogP contribution in [0.5, 0.6) is 0 Å². The number of carbonyl (C=O) groups excluding carboxylic acids is 2. The average Bonchev–Trinajstić information content (AvgIpc) is 3.28. The molecule has 1 heterocycles. The van der Waals surface area contributed by atoms with Crippen LogP contribution in [0, 0.1) is 5.92 Å². The molecular weight excluding hydrogens is 508 g/mol. The van der Waals surface area contributed by atoms with E-state index in [-0.39, 0.29) is 29.6 Å². The van der Waals surface area contributed by atoms with Crippen molar-refractivity contribution in [2.75, 3.05) is 33.3 Å². The molecule has 1 fully saturated rings. The van der Waals surface area contributed by atoms with Crippen LogP contribution in [0.25, 0.3) is 11.1 Å². The molecule has 1 amide bonds. The lowest BCUT2D eigenvalue weighted by molar-refractivity contribution is -0.144. The van der Waals surface area contributed by atoms with E-state index in [4.69, 9.17) is 16.3 Å². The van der Waals surface area contributed by atoms with Crippen LogP contribution in [-0.2, 0) is 14.3 Å². The fourth-order valence-electron chi connectivity index (χ4n) is 6.09. The Balaban J connectivity index is 1.03. The molecule has 5 rings (SSSR count). The molecule has 0 spiro atoms. The van der Waals surface area contributed by atoms with E-state index in [2.05, 4.69) is 53.7 Å². The van der Waals surface area contributed by atoms with E-state index < -0.39 is 0 Å². The van der Waals surface area contributed by atoms with Crippen LogP contribution in [0.4, 0.5) is 0 Å². The first kappa shape index (κ1) is 27.4. The number of piperidine rings is 1.